The second-order valence-electron chi connectivity index (χ2n) is 5.30. The molecule has 0 bridgehead atoms. The first-order chi connectivity index (χ1) is 9.74. The number of nitrogens with zero attached hydrogens (tertiary/aromatic N) is 1. The standard InChI is InChI=1S/C17H22N2O/c1-14(2)11-18-12-16-8-9-19-17(10-16)20-13-15-6-4-3-5-7-15/h3-10,14,18H,11-13H2,1-2H3. The van der Waals surface area contributed by atoms with Gasteiger partial charge in [-0.3, -0.25) is 0 Å². The fraction of sp³-hybridized carbons (Fsp3) is 0.353. The van der Waals surface area contributed by atoms with Crippen molar-refractivity contribution in [1.29, 1.82) is 0 Å². The zero-order valence-electron chi connectivity index (χ0n) is 12.2. The van der Waals surface area contributed by atoms with Crippen molar-refractivity contribution in [2.45, 2.75) is 27.0 Å². The molecule has 2 aromatic rings. The van der Waals surface area contributed by atoms with Gasteiger partial charge in [0.1, 0.15) is 6.61 Å². The Morgan fingerprint density at radius 2 is 1.90 bits per heavy atom. The van der Waals surface area contributed by atoms with E-state index in [9.17, 15) is 0 Å². The Morgan fingerprint density at radius 3 is 2.65 bits per heavy atom. The van der Waals surface area contributed by atoms with E-state index in [-0.39, 0.29) is 0 Å². The van der Waals surface area contributed by atoms with Gasteiger partial charge in [-0.1, -0.05) is 44.2 Å². The lowest BCUT2D eigenvalue weighted by atomic mass is 10.2. The van der Waals surface area contributed by atoms with Crippen molar-refractivity contribution in [2.75, 3.05) is 6.54 Å². The van der Waals surface area contributed by atoms with Gasteiger partial charge in [0.25, 0.3) is 0 Å². The van der Waals surface area contributed by atoms with Crippen LogP contribution in [0, 0.1) is 5.92 Å². The van der Waals surface area contributed by atoms with Crippen molar-refractivity contribution in [2.24, 2.45) is 5.92 Å². The molecule has 3 nitrogen and oxygen atoms in total. The summed E-state index contributed by atoms with van der Waals surface area (Å²) in [5, 5.41) is 3.42. The van der Waals surface area contributed by atoms with Gasteiger partial charge in [-0.2, -0.15) is 0 Å². The van der Waals surface area contributed by atoms with Crippen molar-refractivity contribution in [3.05, 3.63) is 59.8 Å². The summed E-state index contributed by atoms with van der Waals surface area (Å²) in [5.41, 5.74) is 2.35. The monoisotopic (exact) mass is 270 g/mol. The number of aromatic nitrogens is 1. The SMILES string of the molecule is CC(C)CNCc1ccnc(OCc2ccccc2)c1. The number of benzene rings is 1. The fourth-order valence-corrected chi connectivity index (χ4v) is 1.88. The number of nitrogens with one attached hydrogen (secondary N) is 1. The van der Waals surface area contributed by atoms with Gasteiger partial charge < -0.3 is 10.1 Å². The van der Waals surface area contributed by atoms with Crippen LogP contribution in [0.4, 0.5) is 0 Å². The molecule has 0 radical (unpaired) electrons. The van der Waals surface area contributed by atoms with Gasteiger partial charge in [0, 0.05) is 18.8 Å². The first-order valence-corrected chi connectivity index (χ1v) is 7.06. The van der Waals surface area contributed by atoms with E-state index >= 15 is 0 Å². The highest BCUT2D eigenvalue weighted by Crippen LogP contribution is 2.11. The maximum atomic E-state index is 5.72. The third-order valence-corrected chi connectivity index (χ3v) is 2.91. The van der Waals surface area contributed by atoms with Crippen molar-refractivity contribution in [1.82, 2.24) is 10.3 Å². The number of hydrogen-bond donors (Lipinski definition) is 1. The molecule has 0 fully saturated rings. The van der Waals surface area contributed by atoms with Crippen molar-refractivity contribution in [3.8, 4) is 5.88 Å². The number of hydrogen-bond acceptors (Lipinski definition) is 3. The molecule has 1 heterocycles. The van der Waals surface area contributed by atoms with Crippen LogP contribution in [-0.2, 0) is 13.2 Å². The minimum Gasteiger partial charge on any atom is -0.473 e. The molecule has 0 aliphatic carbocycles. The predicted octanol–water partition coefficient (Wildman–Crippen LogP) is 3.41. The van der Waals surface area contributed by atoms with Crippen LogP contribution in [0.25, 0.3) is 0 Å². The molecule has 20 heavy (non-hydrogen) atoms. The lowest BCUT2D eigenvalue weighted by molar-refractivity contribution is 0.293. The first-order valence-electron chi connectivity index (χ1n) is 7.06. The predicted molar refractivity (Wildman–Crippen MR) is 81.6 cm³/mol. The van der Waals surface area contributed by atoms with E-state index in [1.54, 1.807) is 6.20 Å². The Kier molecular flexibility index (Phi) is 5.56. The van der Waals surface area contributed by atoms with E-state index < -0.39 is 0 Å². The summed E-state index contributed by atoms with van der Waals surface area (Å²) in [7, 11) is 0. The summed E-state index contributed by atoms with van der Waals surface area (Å²) in [6.07, 6.45) is 1.80. The molecular weight excluding hydrogens is 248 g/mol. The molecular formula is C17H22N2O. The van der Waals surface area contributed by atoms with Gasteiger partial charge in [-0.25, -0.2) is 4.98 Å². The molecule has 0 aliphatic rings. The van der Waals surface area contributed by atoms with Gasteiger partial charge in [0.05, 0.1) is 0 Å². The molecule has 1 aromatic heterocycles. The Morgan fingerprint density at radius 1 is 1.10 bits per heavy atom. The van der Waals surface area contributed by atoms with E-state index in [1.807, 2.05) is 42.5 Å². The van der Waals surface area contributed by atoms with E-state index in [0.717, 1.165) is 18.7 Å². The number of pyridine rings is 1. The van der Waals surface area contributed by atoms with Crippen LogP contribution in [0.2, 0.25) is 0 Å². The van der Waals surface area contributed by atoms with Crippen LogP contribution in [-0.4, -0.2) is 11.5 Å². The lowest BCUT2D eigenvalue weighted by Gasteiger charge is -2.09. The van der Waals surface area contributed by atoms with Crippen LogP contribution in [0.1, 0.15) is 25.0 Å². The van der Waals surface area contributed by atoms with Crippen LogP contribution in [0.3, 0.4) is 0 Å². The van der Waals surface area contributed by atoms with Gasteiger partial charge in [0.2, 0.25) is 5.88 Å². The number of rotatable bonds is 7. The molecule has 2 rings (SSSR count). The largest absolute Gasteiger partial charge is 0.473 e. The highest BCUT2D eigenvalue weighted by Gasteiger charge is 2.00. The highest BCUT2D eigenvalue weighted by molar-refractivity contribution is 5.21. The number of ether oxygens (including phenoxy) is 1. The molecule has 3 heteroatoms. The van der Waals surface area contributed by atoms with Crippen LogP contribution in [0.5, 0.6) is 5.88 Å². The van der Waals surface area contributed by atoms with Crippen LogP contribution < -0.4 is 10.1 Å². The molecule has 1 N–H and O–H groups in total. The zero-order valence-corrected chi connectivity index (χ0v) is 12.2. The third kappa shape index (κ3) is 5.02. The molecule has 0 aliphatic heterocycles. The summed E-state index contributed by atoms with van der Waals surface area (Å²) in [4.78, 5) is 4.25. The molecule has 0 saturated carbocycles. The molecule has 0 spiro atoms. The average Bonchev–Trinajstić information content (AvgIpc) is 2.46. The van der Waals surface area contributed by atoms with E-state index in [2.05, 4.69) is 24.1 Å². The van der Waals surface area contributed by atoms with Crippen molar-refractivity contribution in [3.63, 3.8) is 0 Å². The minimum atomic E-state index is 0.552. The van der Waals surface area contributed by atoms with E-state index in [4.69, 9.17) is 4.74 Å². The van der Waals surface area contributed by atoms with E-state index in [0.29, 0.717) is 18.4 Å². The third-order valence-electron chi connectivity index (χ3n) is 2.91. The Hall–Kier alpha value is -1.87. The Bertz CT molecular complexity index is 511. The van der Waals surface area contributed by atoms with Gasteiger partial charge in [0.15, 0.2) is 0 Å². The summed E-state index contributed by atoms with van der Waals surface area (Å²) in [5.74, 6) is 1.34. The Balaban J connectivity index is 1.86. The first kappa shape index (κ1) is 14.5. The van der Waals surface area contributed by atoms with Crippen molar-refractivity contribution < 1.29 is 4.74 Å². The molecule has 0 atom stereocenters. The van der Waals surface area contributed by atoms with Gasteiger partial charge in [-0.05, 0) is 29.7 Å². The lowest BCUT2D eigenvalue weighted by Crippen LogP contribution is -2.18. The maximum Gasteiger partial charge on any atom is 0.213 e. The van der Waals surface area contributed by atoms with Gasteiger partial charge in [-0.15, -0.1) is 0 Å². The average molecular weight is 270 g/mol. The minimum absolute atomic E-state index is 0.552. The molecule has 0 amide bonds. The van der Waals surface area contributed by atoms with Crippen molar-refractivity contribution >= 4 is 0 Å². The second kappa shape index (κ2) is 7.65. The molecule has 1 aromatic carbocycles. The van der Waals surface area contributed by atoms with E-state index in [1.165, 1.54) is 5.56 Å². The molecule has 0 unspecified atom stereocenters. The summed E-state index contributed by atoms with van der Waals surface area (Å²) >= 11 is 0. The summed E-state index contributed by atoms with van der Waals surface area (Å²) in [6, 6.07) is 14.1. The van der Waals surface area contributed by atoms with Crippen LogP contribution in [0.15, 0.2) is 48.7 Å². The topological polar surface area (TPSA) is 34.2 Å². The normalized spacial score (nSPS) is 10.8. The highest BCUT2D eigenvalue weighted by atomic mass is 16.5. The smallest absolute Gasteiger partial charge is 0.213 e. The zero-order chi connectivity index (χ0) is 14.2. The maximum absolute atomic E-state index is 5.72. The summed E-state index contributed by atoms with van der Waals surface area (Å²) < 4.78 is 5.72. The van der Waals surface area contributed by atoms with Gasteiger partial charge >= 0.3 is 0 Å². The molecule has 0 saturated heterocycles. The summed E-state index contributed by atoms with van der Waals surface area (Å²) in [6.45, 7) is 6.82. The Labute approximate surface area is 121 Å². The van der Waals surface area contributed by atoms with Crippen LogP contribution >= 0.6 is 0 Å². The molecule has 106 valence electrons. The quantitative estimate of drug-likeness (QED) is 0.837. The second-order valence-corrected chi connectivity index (χ2v) is 5.30. The fourth-order valence-electron chi connectivity index (χ4n) is 1.88.